The predicted molar refractivity (Wildman–Crippen MR) is 92.2 cm³/mol. The molecule has 0 aromatic heterocycles. The van der Waals surface area contributed by atoms with Gasteiger partial charge in [-0.25, -0.2) is 4.39 Å². The van der Waals surface area contributed by atoms with Crippen LogP contribution in [0.5, 0.6) is 0 Å². The molecule has 0 heterocycles. The number of nitrogens with one attached hydrogen (secondary N) is 2. The molecule has 1 atom stereocenters. The zero-order chi connectivity index (χ0) is 13.8. The van der Waals surface area contributed by atoms with Crippen molar-refractivity contribution >= 4 is 29.9 Å². The van der Waals surface area contributed by atoms with Crippen molar-refractivity contribution in [2.24, 2.45) is 4.99 Å². The summed E-state index contributed by atoms with van der Waals surface area (Å²) in [5, 5.41) is 6.68. The summed E-state index contributed by atoms with van der Waals surface area (Å²) in [7, 11) is 1.76. The minimum absolute atomic E-state index is 0. The van der Waals surface area contributed by atoms with Crippen LogP contribution >= 0.6 is 24.0 Å². The maximum atomic E-state index is 13.6. The van der Waals surface area contributed by atoms with Crippen LogP contribution in [0.25, 0.3) is 0 Å². The second-order valence-corrected chi connectivity index (χ2v) is 5.22. The number of guanidine groups is 1. The van der Waals surface area contributed by atoms with Crippen molar-refractivity contribution in [3.8, 4) is 0 Å². The van der Waals surface area contributed by atoms with Gasteiger partial charge in [0.25, 0.3) is 0 Å². The highest BCUT2D eigenvalue weighted by atomic mass is 127. The molecule has 1 aromatic carbocycles. The van der Waals surface area contributed by atoms with Crippen LogP contribution in [0.1, 0.15) is 43.4 Å². The Bertz CT molecular complexity index is 472. The molecular formula is C15H23FIN3. The third-order valence-electron chi connectivity index (χ3n) is 3.72. The van der Waals surface area contributed by atoms with E-state index in [1.165, 1.54) is 19.3 Å². The van der Waals surface area contributed by atoms with E-state index < -0.39 is 0 Å². The first-order chi connectivity index (χ1) is 9.10. The van der Waals surface area contributed by atoms with Gasteiger partial charge in [-0.15, -0.1) is 24.0 Å². The molecule has 0 spiro atoms. The number of hydrogen-bond acceptors (Lipinski definition) is 1. The lowest BCUT2D eigenvalue weighted by Crippen LogP contribution is -2.46. The highest BCUT2D eigenvalue weighted by Crippen LogP contribution is 2.19. The van der Waals surface area contributed by atoms with E-state index in [2.05, 4.69) is 15.6 Å². The van der Waals surface area contributed by atoms with Gasteiger partial charge in [0, 0.05) is 13.1 Å². The third kappa shape index (κ3) is 4.33. The number of nitrogens with zero attached hydrogens (tertiary/aromatic N) is 1. The smallest absolute Gasteiger partial charge is 0.191 e. The standard InChI is InChI=1S/C15H22FN3.HI/c1-10-7-8-12(9-14(10)16)11(2)18-15(17-3)19-13-5-4-6-13;/h7-9,11,13H,4-6H2,1-3H3,(H2,17,18,19);1H. The van der Waals surface area contributed by atoms with Gasteiger partial charge in [0.2, 0.25) is 0 Å². The fourth-order valence-corrected chi connectivity index (χ4v) is 2.08. The van der Waals surface area contributed by atoms with Crippen LogP contribution in [0.4, 0.5) is 4.39 Å². The normalized spacial score (nSPS) is 16.9. The van der Waals surface area contributed by atoms with Crippen molar-refractivity contribution in [2.45, 2.75) is 45.2 Å². The van der Waals surface area contributed by atoms with E-state index in [1.807, 2.05) is 19.1 Å². The molecule has 1 aromatic rings. The number of hydrogen-bond donors (Lipinski definition) is 2. The van der Waals surface area contributed by atoms with Crippen LogP contribution in [0.15, 0.2) is 23.2 Å². The molecule has 2 N–H and O–H groups in total. The van der Waals surface area contributed by atoms with Gasteiger partial charge in [-0.1, -0.05) is 12.1 Å². The summed E-state index contributed by atoms with van der Waals surface area (Å²) >= 11 is 0. The lowest BCUT2D eigenvalue weighted by atomic mass is 9.93. The van der Waals surface area contributed by atoms with Gasteiger partial charge in [-0.3, -0.25) is 4.99 Å². The Morgan fingerprint density at radius 3 is 2.60 bits per heavy atom. The van der Waals surface area contributed by atoms with E-state index in [0.29, 0.717) is 11.6 Å². The summed E-state index contributed by atoms with van der Waals surface area (Å²) < 4.78 is 13.6. The first-order valence-electron chi connectivity index (χ1n) is 6.86. The molecule has 0 radical (unpaired) electrons. The fourth-order valence-electron chi connectivity index (χ4n) is 2.08. The van der Waals surface area contributed by atoms with Gasteiger partial charge in [-0.05, 0) is 50.3 Å². The highest BCUT2D eigenvalue weighted by molar-refractivity contribution is 14.0. The Hall–Kier alpha value is -0.850. The third-order valence-corrected chi connectivity index (χ3v) is 3.72. The molecular weight excluding hydrogens is 368 g/mol. The molecule has 1 aliphatic carbocycles. The van der Waals surface area contributed by atoms with Crippen molar-refractivity contribution in [2.75, 3.05) is 7.05 Å². The summed E-state index contributed by atoms with van der Waals surface area (Å²) in [5.74, 6) is 0.631. The lowest BCUT2D eigenvalue weighted by molar-refractivity contribution is 0.378. The number of rotatable bonds is 3. The molecule has 3 nitrogen and oxygen atoms in total. The van der Waals surface area contributed by atoms with Crippen LogP contribution in [-0.2, 0) is 0 Å². The van der Waals surface area contributed by atoms with Gasteiger partial charge in [0.05, 0.1) is 6.04 Å². The first kappa shape index (κ1) is 17.2. The molecule has 5 heteroatoms. The maximum Gasteiger partial charge on any atom is 0.191 e. The minimum atomic E-state index is -0.159. The number of aryl methyl sites for hydroxylation is 1. The van der Waals surface area contributed by atoms with Gasteiger partial charge in [0.15, 0.2) is 5.96 Å². The summed E-state index contributed by atoms with van der Waals surface area (Å²) in [5.41, 5.74) is 1.60. The largest absolute Gasteiger partial charge is 0.354 e. The van der Waals surface area contributed by atoms with Crippen molar-refractivity contribution < 1.29 is 4.39 Å². The van der Waals surface area contributed by atoms with Crippen molar-refractivity contribution in [1.29, 1.82) is 0 Å². The molecule has 2 rings (SSSR count). The van der Waals surface area contributed by atoms with Crippen LogP contribution in [0, 0.1) is 12.7 Å². The summed E-state index contributed by atoms with van der Waals surface area (Å²) in [4.78, 5) is 4.22. The zero-order valence-electron chi connectivity index (χ0n) is 12.2. The van der Waals surface area contributed by atoms with E-state index in [9.17, 15) is 4.39 Å². The molecule has 20 heavy (non-hydrogen) atoms. The number of benzene rings is 1. The average molecular weight is 391 g/mol. The van der Waals surface area contributed by atoms with Crippen LogP contribution in [0.2, 0.25) is 0 Å². The molecule has 0 aliphatic heterocycles. The van der Waals surface area contributed by atoms with Crippen LogP contribution < -0.4 is 10.6 Å². The maximum absolute atomic E-state index is 13.6. The quantitative estimate of drug-likeness (QED) is 0.470. The van der Waals surface area contributed by atoms with E-state index >= 15 is 0 Å². The molecule has 112 valence electrons. The van der Waals surface area contributed by atoms with Crippen molar-refractivity contribution in [1.82, 2.24) is 10.6 Å². The minimum Gasteiger partial charge on any atom is -0.354 e. The molecule has 1 saturated carbocycles. The SMILES string of the molecule is CN=C(NC1CCC1)NC(C)c1ccc(C)c(F)c1.I. The van der Waals surface area contributed by atoms with E-state index in [4.69, 9.17) is 0 Å². The highest BCUT2D eigenvalue weighted by Gasteiger charge is 2.19. The van der Waals surface area contributed by atoms with Crippen LogP contribution in [-0.4, -0.2) is 19.0 Å². The zero-order valence-corrected chi connectivity index (χ0v) is 14.6. The molecule has 0 amide bonds. The molecule has 0 bridgehead atoms. The summed E-state index contributed by atoms with van der Waals surface area (Å²) in [6.45, 7) is 3.78. The summed E-state index contributed by atoms with van der Waals surface area (Å²) in [6, 6.07) is 5.91. The van der Waals surface area contributed by atoms with E-state index in [0.717, 1.165) is 11.5 Å². The summed E-state index contributed by atoms with van der Waals surface area (Å²) in [6.07, 6.45) is 3.69. The number of halogens is 2. The molecule has 1 fully saturated rings. The second kappa shape index (κ2) is 7.81. The first-order valence-corrected chi connectivity index (χ1v) is 6.86. The van der Waals surface area contributed by atoms with E-state index in [1.54, 1.807) is 20.0 Å². The topological polar surface area (TPSA) is 36.4 Å². The Morgan fingerprint density at radius 1 is 1.40 bits per heavy atom. The Balaban J connectivity index is 0.00000200. The molecule has 1 aliphatic rings. The van der Waals surface area contributed by atoms with Crippen molar-refractivity contribution in [3.05, 3.63) is 35.1 Å². The second-order valence-electron chi connectivity index (χ2n) is 5.22. The van der Waals surface area contributed by atoms with Crippen molar-refractivity contribution in [3.63, 3.8) is 0 Å². The Kier molecular flexibility index (Phi) is 6.71. The molecule has 1 unspecified atom stereocenters. The Morgan fingerprint density at radius 2 is 2.10 bits per heavy atom. The fraction of sp³-hybridized carbons (Fsp3) is 0.533. The van der Waals surface area contributed by atoms with Gasteiger partial charge in [-0.2, -0.15) is 0 Å². The Labute approximate surface area is 137 Å². The average Bonchev–Trinajstić information content (AvgIpc) is 2.35. The van der Waals surface area contributed by atoms with Crippen LogP contribution in [0.3, 0.4) is 0 Å². The predicted octanol–water partition coefficient (Wildman–Crippen LogP) is 3.53. The lowest BCUT2D eigenvalue weighted by Gasteiger charge is -2.29. The van der Waals surface area contributed by atoms with Gasteiger partial charge >= 0.3 is 0 Å². The monoisotopic (exact) mass is 391 g/mol. The van der Waals surface area contributed by atoms with Gasteiger partial charge in [0.1, 0.15) is 5.82 Å². The van der Waals surface area contributed by atoms with Gasteiger partial charge < -0.3 is 10.6 Å². The molecule has 0 saturated heterocycles. The van der Waals surface area contributed by atoms with E-state index in [-0.39, 0.29) is 35.8 Å². The number of aliphatic imine (C=N–C) groups is 1.